The normalized spacial score (nSPS) is 29.7. The van der Waals surface area contributed by atoms with Crippen LogP contribution in [0.4, 0.5) is 8.78 Å². The largest absolute Gasteiger partial charge is 0.375 e. The summed E-state index contributed by atoms with van der Waals surface area (Å²) >= 11 is 0. The molecular formula is C5H10ClF2NO. The molecule has 1 rings (SSSR count). The Kier molecular flexibility index (Phi) is 3.48. The summed E-state index contributed by atoms with van der Waals surface area (Å²) in [6, 6.07) is 0. The van der Waals surface area contributed by atoms with Gasteiger partial charge in [0, 0.05) is 6.54 Å². The number of rotatable bonds is 1. The molecule has 0 aromatic rings. The fraction of sp³-hybridized carbons (Fsp3) is 1.00. The molecule has 1 heterocycles. The average Bonchev–Trinajstić information content (AvgIpc) is 2.08. The van der Waals surface area contributed by atoms with E-state index in [-0.39, 0.29) is 25.6 Å². The fourth-order valence-electron chi connectivity index (χ4n) is 0.817. The van der Waals surface area contributed by atoms with Gasteiger partial charge in [0.15, 0.2) is 0 Å². The highest BCUT2D eigenvalue weighted by Gasteiger charge is 2.43. The fourth-order valence-corrected chi connectivity index (χ4v) is 0.817. The van der Waals surface area contributed by atoms with E-state index in [1.165, 1.54) is 0 Å². The Balaban J connectivity index is 0.000000810. The summed E-state index contributed by atoms with van der Waals surface area (Å²) in [5, 5.41) is 0. The molecule has 0 aromatic heterocycles. The molecule has 5 heteroatoms. The van der Waals surface area contributed by atoms with Gasteiger partial charge in [-0.15, -0.1) is 12.4 Å². The molecule has 10 heavy (non-hydrogen) atoms. The van der Waals surface area contributed by atoms with E-state index in [1.807, 2.05) is 0 Å². The number of halogens is 3. The zero-order valence-electron chi connectivity index (χ0n) is 5.35. The summed E-state index contributed by atoms with van der Waals surface area (Å²) < 4.78 is 29.3. The molecule has 1 aliphatic heterocycles. The zero-order valence-corrected chi connectivity index (χ0v) is 6.16. The van der Waals surface area contributed by atoms with E-state index in [0.29, 0.717) is 0 Å². The lowest BCUT2D eigenvalue weighted by Gasteiger charge is -2.13. The van der Waals surface area contributed by atoms with Crippen molar-refractivity contribution in [2.45, 2.75) is 5.92 Å². The van der Waals surface area contributed by atoms with Crippen molar-refractivity contribution in [1.29, 1.82) is 0 Å². The smallest absolute Gasteiger partial charge is 0.277 e. The van der Waals surface area contributed by atoms with Gasteiger partial charge in [0.25, 0.3) is 5.92 Å². The predicted octanol–water partition coefficient (Wildman–Crippen LogP) is 0.649. The van der Waals surface area contributed by atoms with Crippen LogP contribution < -0.4 is 5.73 Å². The van der Waals surface area contributed by atoms with Crippen LogP contribution in [-0.4, -0.2) is 25.7 Å². The Morgan fingerprint density at radius 2 is 2.20 bits per heavy atom. The minimum atomic E-state index is -2.69. The van der Waals surface area contributed by atoms with Crippen molar-refractivity contribution in [1.82, 2.24) is 0 Å². The zero-order chi connectivity index (χ0) is 6.91. The van der Waals surface area contributed by atoms with Crippen LogP contribution in [0.5, 0.6) is 0 Å². The second-order valence-corrected chi connectivity index (χ2v) is 2.21. The molecular weight excluding hydrogens is 164 g/mol. The molecule has 0 radical (unpaired) electrons. The first kappa shape index (κ1) is 10.1. The van der Waals surface area contributed by atoms with Crippen LogP contribution in [0.25, 0.3) is 0 Å². The summed E-state index contributed by atoms with van der Waals surface area (Å²) in [5.41, 5.74) is 5.05. The molecule has 0 bridgehead atoms. The van der Waals surface area contributed by atoms with Gasteiger partial charge in [-0.2, -0.15) is 0 Å². The van der Waals surface area contributed by atoms with Gasteiger partial charge in [0.05, 0.1) is 12.5 Å². The lowest BCUT2D eigenvalue weighted by molar-refractivity contribution is -0.0341. The molecule has 0 amide bonds. The van der Waals surface area contributed by atoms with Crippen molar-refractivity contribution in [3.8, 4) is 0 Å². The van der Waals surface area contributed by atoms with Crippen molar-refractivity contribution in [3.63, 3.8) is 0 Å². The Hall–Kier alpha value is 0.0700. The molecule has 0 saturated carbocycles. The molecule has 1 atom stereocenters. The van der Waals surface area contributed by atoms with Gasteiger partial charge in [-0.05, 0) is 0 Å². The molecule has 2 N–H and O–H groups in total. The third kappa shape index (κ3) is 1.78. The molecule has 62 valence electrons. The highest BCUT2D eigenvalue weighted by Crippen LogP contribution is 2.29. The molecule has 1 aliphatic rings. The first-order valence-corrected chi connectivity index (χ1v) is 2.82. The maximum atomic E-state index is 12.4. The van der Waals surface area contributed by atoms with E-state index < -0.39 is 18.4 Å². The van der Waals surface area contributed by atoms with Gasteiger partial charge < -0.3 is 10.5 Å². The summed E-state index contributed by atoms with van der Waals surface area (Å²) in [5.74, 6) is -3.45. The maximum absolute atomic E-state index is 12.4. The summed E-state index contributed by atoms with van der Waals surface area (Å²) in [7, 11) is 0. The topological polar surface area (TPSA) is 35.2 Å². The van der Waals surface area contributed by atoms with Gasteiger partial charge in [0.1, 0.15) is 6.61 Å². The van der Waals surface area contributed by atoms with Crippen molar-refractivity contribution in [2.75, 3.05) is 19.8 Å². The Morgan fingerprint density at radius 1 is 1.60 bits per heavy atom. The number of ether oxygens (including phenoxy) is 1. The van der Waals surface area contributed by atoms with Gasteiger partial charge in [-0.25, -0.2) is 8.78 Å². The van der Waals surface area contributed by atoms with Crippen LogP contribution in [0.15, 0.2) is 0 Å². The molecule has 0 aliphatic carbocycles. The lowest BCUT2D eigenvalue weighted by atomic mass is 10.1. The quantitative estimate of drug-likeness (QED) is 0.632. The van der Waals surface area contributed by atoms with Gasteiger partial charge in [0.2, 0.25) is 0 Å². The Labute approximate surface area is 64.1 Å². The van der Waals surface area contributed by atoms with Crippen LogP contribution >= 0.6 is 12.4 Å². The highest BCUT2D eigenvalue weighted by molar-refractivity contribution is 5.85. The first-order valence-electron chi connectivity index (χ1n) is 2.82. The van der Waals surface area contributed by atoms with Gasteiger partial charge in [-0.3, -0.25) is 0 Å². The van der Waals surface area contributed by atoms with Gasteiger partial charge >= 0.3 is 0 Å². The average molecular weight is 174 g/mol. The van der Waals surface area contributed by atoms with E-state index in [1.54, 1.807) is 0 Å². The highest BCUT2D eigenvalue weighted by atomic mass is 35.5. The summed E-state index contributed by atoms with van der Waals surface area (Å²) in [6.07, 6.45) is 0. The Morgan fingerprint density at radius 3 is 2.40 bits per heavy atom. The van der Waals surface area contributed by atoms with Crippen molar-refractivity contribution in [2.24, 2.45) is 11.7 Å². The molecule has 0 aromatic carbocycles. The van der Waals surface area contributed by atoms with E-state index in [4.69, 9.17) is 5.73 Å². The van der Waals surface area contributed by atoms with E-state index in [9.17, 15) is 8.78 Å². The molecule has 1 saturated heterocycles. The minimum absolute atomic E-state index is 0. The van der Waals surface area contributed by atoms with E-state index in [0.717, 1.165) is 0 Å². The van der Waals surface area contributed by atoms with E-state index in [2.05, 4.69) is 4.74 Å². The third-order valence-electron chi connectivity index (χ3n) is 1.50. The lowest BCUT2D eigenvalue weighted by Crippen LogP contribution is -2.32. The van der Waals surface area contributed by atoms with Crippen molar-refractivity contribution < 1.29 is 13.5 Å². The van der Waals surface area contributed by atoms with Gasteiger partial charge in [-0.1, -0.05) is 0 Å². The Bertz CT molecular complexity index is 112. The van der Waals surface area contributed by atoms with Crippen LogP contribution in [0, 0.1) is 5.92 Å². The van der Waals surface area contributed by atoms with Crippen LogP contribution in [0.2, 0.25) is 0 Å². The number of nitrogens with two attached hydrogens (primary N) is 1. The number of hydrogen-bond donors (Lipinski definition) is 1. The summed E-state index contributed by atoms with van der Waals surface area (Å²) in [4.78, 5) is 0. The molecule has 0 spiro atoms. The molecule has 1 unspecified atom stereocenters. The van der Waals surface area contributed by atoms with Crippen LogP contribution in [-0.2, 0) is 4.74 Å². The van der Waals surface area contributed by atoms with Crippen molar-refractivity contribution >= 4 is 12.4 Å². The standard InChI is InChI=1S/C5H9F2NO.ClH/c6-5(7)3-9-2-4(5)1-8;/h4H,1-3,8H2;1H. The van der Waals surface area contributed by atoms with E-state index >= 15 is 0 Å². The molecule has 2 nitrogen and oxygen atoms in total. The monoisotopic (exact) mass is 173 g/mol. The maximum Gasteiger partial charge on any atom is 0.277 e. The van der Waals surface area contributed by atoms with Crippen LogP contribution in [0.1, 0.15) is 0 Å². The first-order chi connectivity index (χ1) is 4.17. The summed E-state index contributed by atoms with van der Waals surface area (Å²) in [6.45, 7) is -0.356. The third-order valence-corrected chi connectivity index (χ3v) is 1.50. The minimum Gasteiger partial charge on any atom is -0.375 e. The second-order valence-electron chi connectivity index (χ2n) is 2.21. The number of alkyl halides is 2. The second kappa shape index (κ2) is 3.46. The predicted molar refractivity (Wildman–Crippen MR) is 35.6 cm³/mol. The number of hydrogen-bond acceptors (Lipinski definition) is 2. The van der Waals surface area contributed by atoms with Crippen LogP contribution in [0.3, 0.4) is 0 Å². The van der Waals surface area contributed by atoms with Crippen molar-refractivity contribution in [3.05, 3.63) is 0 Å². The molecule has 1 fully saturated rings. The SMILES string of the molecule is Cl.NCC1COCC1(F)F.